The summed E-state index contributed by atoms with van der Waals surface area (Å²) in [6.45, 7) is 1.05. The minimum atomic E-state index is -0.247. The van der Waals surface area contributed by atoms with Gasteiger partial charge < -0.3 is 20.1 Å². The minimum absolute atomic E-state index is 0.00171. The highest BCUT2D eigenvalue weighted by atomic mass is 16.2. The van der Waals surface area contributed by atoms with Crippen LogP contribution in [-0.4, -0.2) is 40.5 Å². The summed E-state index contributed by atoms with van der Waals surface area (Å²) in [7, 11) is 1.70. The predicted octanol–water partition coefficient (Wildman–Crippen LogP) is 2.96. The molecule has 1 saturated heterocycles. The molecule has 2 N–H and O–H groups in total. The second kappa shape index (κ2) is 8.41. The maximum Gasteiger partial charge on any atom is 0.319 e. The second-order valence-electron chi connectivity index (χ2n) is 7.50. The van der Waals surface area contributed by atoms with Crippen molar-refractivity contribution in [1.82, 2.24) is 14.8 Å². The summed E-state index contributed by atoms with van der Waals surface area (Å²) in [4.78, 5) is 39.4. The molecular formula is C23H24N4O3. The van der Waals surface area contributed by atoms with Gasteiger partial charge in [-0.15, -0.1) is 0 Å². The molecule has 30 heavy (non-hydrogen) atoms. The molecule has 0 saturated carbocycles. The minimum Gasteiger partial charge on any atom is -0.338 e. The number of likely N-dealkylation sites (tertiary alicyclic amines) is 1. The fourth-order valence-electron chi connectivity index (χ4n) is 3.86. The quantitative estimate of drug-likeness (QED) is 0.704. The van der Waals surface area contributed by atoms with Crippen molar-refractivity contribution in [1.29, 1.82) is 0 Å². The highest BCUT2D eigenvalue weighted by Gasteiger charge is 2.26. The van der Waals surface area contributed by atoms with Gasteiger partial charge in [0.1, 0.15) is 0 Å². The van der Waals surface area contributed by atoms with Crippen LogP contribution in [0.4, 0.5) is 10.5 Å². The number of carbonyl (C=O) groups excluding carboxylic acids is 2. The lowest BCUT2D eigenvalue weighted by Crippen LogP contribution is -2.47. The Morgan fingerprint density at radius 1 is 0.967 bits per heavy atom. The number of carbonyl (C=O) groups is 2. The van der Waals surface area contributed by atoms with E-state index in [2.05, 4.69) is 10.6 Å². The van der Waals surface area contributed by atoms with E-state index in [1.807, 2.05) is 54.6 Å². The fourth-order valence-corrected chi connectivity index (χ4v) is 3.86. The highest BCUT2D eigenvalue weighted by Crippen LogP contribution is 2.20. The number of benzene rings is 2. The van der Waals surface area contributed by atoms with E-state index in [-0.39, 0.29) is 23.5 Å². The van der Waals surface area contributed by atoms with Crippen LogP contribution >= 0.6 is 0 Å². The molecule has 0 radical (unpaired) electrons. The number of anilines is 1. The Hall–Kier alpha value is -3.61. The first-order valence-corrected chi connectivity index (χ1v) is 10.0. The molecule has 1 fully saturated rings. The average molecular weight is 404 g/mol. The SMILES string of the molecule is Cn1c(=O)cc(C(=O)N2CCC(NC(=O)Nc3ccccc3)CC2)c2ccccc21. The van der Waals surface area contributed by atoms with Crippen LogP contribution in [0.15, 0.2) is 65.5 Å². The molecule has 2 aromatic carbocycles. The lowest BCUT2D eigenvalue weighted by Gasteiger charge is -2.32. The average Bonchev–Trinajstić information content (AvgIpc) is 2.77. The number of aryl methyl sites for hydroxylation is 1. The van der Waals surface area contributed by atoms with Gasteiger partial charge in [-0.1, -0.05) is 36.4 Å². The Morgan fingerprint density at radius 2 is 1.63 bits per heavy atom. The van der Waals surface area contributed by atoms with Gasteiger partial charge in [0.2, 0.25) is 0 Å². The molecule has 3 aromatic rings. The van der Waals surface area contributed by atoms with Gasteiger partial charge >= 0.3 is 6.03 Å². The van der Waals surface area contributed by atoms with Crippen LogP contribution < -0.4 is 16.2 Å². The number of aromatic nitrogens is 1. The third-order valence-corrected chi connectivity index (χ3v) is 5.53. The number of para-hydroxylation sites is 2. The summed E-state index contributed by atoms with van der Waals surface area (Å²) < 4.78 is 1.55. The number of hydrogen-bond acceptors (Lipinski definition) is 3. The zero-order valence-electron chi connectivity index (χ0n) is 16.8. The van der Waals surface area contributed by atoms with E-state index >= 15 is 0 Å². The van der Waals surface area contributed by atoms with Crippen molar-refractivity contribution >= 4 is 28.5 Å². The van der Waals surface area contributed by atoms with Crippen molar-refractivity contribution in [2.75, 3.05) is 18.4 Å². The van der Waals surface area contributed by atoms with Crippen molar-refractivity contribution in [3.05, 3.63) is 76.6 Å². The third kappa shape index (κ3) is 4.05. The first-order valence-electron chi connectivity index (χ1n) is 10.0. The molecule has 0 aliphatic carbocycles. The molecule has 1 aliphatic rings. The summed E-state index contributed by atoms with van der Waals surface area (Å²) in [6.07, 6.45) is 1.33. The van der Waals surface area contributed by atoms with Crippen LogP contribution in [0.3, 0.4) is 0 Å². The Bertz CT molecular complexity index is 1130. The van der Waals surface area contributed by atoms with E-state index < -0.39 is 0 Å². The van der Waals surface area contributed by atoms with E-state index in [0.29, 0.717) is 31.5 Å². The van der Waals surface area contributed by atoms with E-state index in [9.17, 15) is 14.4 Å². The molecule has 154 valence electrons. The number of hydrogen-bond donors (Lipinski definition) is 2. The monoisotopic (exact) mass is 404 g/mol. The zero-order chi connectivity index (χ0) is 21.1. The lowest BCUT2D eigenvalue weighted by molar-refractivity contribution is 0.0710. The standard InChI is InChI=1S/C23H24N4O3/c1-26-20-10-6-5-9-18(20)19(15-21(26)28)22(29)27-13-11-17(12-14-27)25-23(30)24-16-7-3-2-4-8-16/h2-10,15,17H,11-14H2,1H3,(H2,24,25,30). The molecule has 0 atom stereocenters. The molecular weight excluding hydrogens is 380 g/mol. The lowest BCUT2D eigenvalue weighted by atomic mass is 10.0. The van der Waals surface area contributed by atoms with Crippen molar-refractivity contribution in [3.8, 4) is 0 Å². The van der Waals surface area contributed by atoms with Crippen LogP contribution in [-0.2, 0) is 7.05 Å². The molecule has 1 aromatic heterocycles. The van der Waals surface area contributed by atoms with Crippen LogP contribution in [0, 0.1) is 0 Å². The third-order valence-electron chi connectivity index (χ3n) is 5.53. The molecule has 7 heteroatoms. The van der Waals surface area contributed by atoms with Gasteiger partial charge in [0.05, 0.1) is 11.1 Å². The number of rotatable bonds is 3. The number of piperidine rings is 1. The summed E-state index contributed by atoms with van der Waals surface area (Å²) >= 11 is 0. The molecule has 0 unspecified atom stereocenters. The van der Waals surface area contributed by atoms with E-state index in [1.165, 1.54) is 6.07 Å². The Balaban J connectivity index is 1.40. The Morgan fingerprint density at radius 3 is 2.37 bits per heavy atom. The van der Waals surface area contributed by atoms with Gasteiger partial charge in [0, 0.05) is 43.3 Å². The molecule has 1 aliphatic heterocycles. The normalized spacial score (nSPS) is 14.5. The molecule has 2 heterocycles. The number of fused-ring (bicyclic) bond motifs is 1. The number of nitrogens with one attached hydrogen (secondary N) is 2. The molecule has 0 bridgehead atoms. The summed E-state index contributed by atoms with van der Waals surface area (Å²) in [5.41, 5.74) is 1.70. The van der Waals surface area contributed by atoms with Crippen molar-refractivity contribution in [2.45, 2.75) is 18.9 Å². The van der Waals surface area contributed by atoms with Crippen molar-refractivity contribution < 1.29 is 9.59 Å². The van der Waals surface area contributed by atoms with Crippen molar-refractivity contribution in [2.24, 2.45) is 7.05 Å². The van der Waals surface area contributed by atoms with Gasteiger partial charge in [0.15, 0.2) is 0 Å². The summed E-state index contributed by atoms with van der Waals surface area (Å²) in [5.74, 6) is -0.143. The number of urea groups is 1. The molecule has 4 rings (SSSR count). The van der Waals surface area contributed by atoms with Gasteiger partial charge in [0.25, 0.3) is 11.5 Å². The van der Waals surface area contributed by atoms with Crippen LogP contribution in [0.25, 0.3) is 10.9 Å². The Labute approximate surface area is 174 Å². The molecule has 7 nitrogen and oxygen atoms in total. The van der Waals surface area contributed by atoms with E-state index in [0.717, 1.165) is 16.6 Å². The van der Waals surface area contributed by atoms with Crippen LogP contribution in [0.5, 0.6) is 0 Å². The number of nitrogens with zero attached hydrogens (tertiary/aromatic N) is 2. The Kier molecular flexibility index (Phi) is 5.52. The van der Waals surface area contributed by atoms with Crippen LogP contribution in [0.1, 0.15) is 23.2 Å². The fraction of sp³-hybridized carbons (Fsp3) is 0.261. The number of pyridine rings is 1. The highest BCUT2D eigenvalue weighted by molar-refractivity contribution is 6.06. The smallest absolute Gasteiger partial charge is 0.319 e. The molecule has 0 spiro atoms. The maximum absolute atomic E-state index is 13.1. The molecule has 3 amide bonds. The predicted molar refractivity (Wildman–Crippen MR) is 117 cm³/mol. The maximum atomic E-state index is 13.1. The first-order chi connectivity index (χ1) is 14.5. The second-order valence-corrected chi connectivity index (χ2v) is 7.50. The zero-order valence-corrected chi connectivity index (χ0v) is 16.8. The first kappa shape index (κ1) is 19.7. The summed E-state index contributed by atoms with van der Waals surface area (Å²) in [6, 6.07) is 17.9. The van der Waals surface area contributed by atoms with Gasteiger partial charge in [-0.25, -0.2) is 4.79 Å². The number of amides is 3. The van der Waals surface area contributed by atoms with E-state index in [4.69, 9.17) is 0 Å². The van der Waals surface area contributed by atoms with Gasteiger partial charge in [-0.3, -0.25) is 9.59 Å². The van der Waals surface area contributed by atoms with Crippen molar-refractivity contribution in [3.63, 3.8) is 0 Å². The van der Waals surface area contributed by atoms with E-state index in [1.54, 1.807) is 16.5 Å². The van der Waals surface area contributed by atoms with Crippen LogP contribution in [0.2, 0.25) is 0 Å². The topological polar surface area (TPSA) is 83.4 Å². The largest absolute Gasteiger partial charge is 0.338 e. The van der Waals surface area contributed by atoms with Gasteiger partial charge in [-0.05, 0) is 31.0 Å². The van der Waals surface area contributed by atoms with Gasteiger partial charge in [-0.2, -0.15) is 0 Å². The summed E-state index contributed by atoms with van der Waals surface area (Å²) in [5, 5.41) is 6.55.